The van der Waals surface area contributed by atoms with Gasteiger partial charge in [0.1, 0.15) is 6.10 Å². The smallest absolute Gasteiger partial charge is 0.251 e. The van der Waals surface area contributed by atoms with Crippen molar-refractivity contribution in [1.82, 2.24) is 4.90 Å². The first-order valence-corrected chi connectivity index (χ1v) is 7.09. The summed E-state index contributed by atoms with van der Waals surface area (Å²) >= 11 is 0. The van der Waals surface area contributed by atoms with Crippen LogP contribution in [-0.2, 0) is 9.53 Å². The van der Waals surface area contributed by atoms with Gasteiger partial charge in [0.05, 0.1) is 6.10 Å². The SMILES string of the molecule is CC(C)(C)C1CCCN1C(=O)[C@@H]1CC[C@H](CN)O1. The summed E-state index contributed by atoms with van der Waals surface area (Å²) in [6, 6.07) is 0.352. The molecule has 0 bridgehead atoms. The highest BCUT2D eigenvalue weighted by molar-refractivity contribution is 5.81. The number of ether oxygens (including phenoxy) is 1. The number of nitrogens with zero attached hydrogens (tertiary/aromatic N) is 1. The van der Waals surface area contributed by atoms with Gasteiger partial charge in [0.25, 0.3) is 5.91 Å². The van der Waals surface area contributed by atoms with Crippen molar-refractivity contribution in [3.63, 3.8) is 0 Å². The van der Waals surface area contributed by atoms with Crippen molar-refractivity contribution in [2.45, 2.75) is 64.7 Å². The predicted octanol–water partition coefficient (Wildman–Crippen LogP) is 1.53. The zero-order chi connectivity index (χ0) is 13.3. The summed E-state index contributed by atoms with van der Waals surface area (Å²) < 4.78 is 5.73. The maximum absolute atomic E-state index is 12.5. The minimum atomic E-state index is -0.249. The molecule has 0 radical (unpaired) electrons. The topological polar surface area (TPSA) is 55.6 Å². The summed E-state index contributed by atoms with van der Waals surface area (Å²) in [5.74, 6) is 0.184. The molecular formula is C14H26N2O2. The van der Waals surface area contributed by atoms with Crippen LogP contribution >= 0.6 is 0 Å². The van der Waals surface area contributed by atoms with Crippen LogP contribution in [0.2, 0.25) is 0 Å². The van der Waals surface area contributed by atoms with Crippen molar-refractivity contribution in [2.24, 2.45) is 11.1 Å². The second kappa shape index (κ2) is 5.17. The van der Waals surface area contributed by atoms with Crippen LogP contribution in [0.25, 0.3) is 0 Å². The van der Waals surface area contributed by atoms with Crippen molar-refractivity contribution in [2.75, 3.05) is 13.1 Å². The summed E-state index contributed by atoms with van der Waals surface area (Å²) in [7, 11) is 0. The van der Waals surface area contributed by atoms with Crippen molar-refractivity contribution < 1.29 is 9.53 Å². The lowest BCUT2D eigenvalue weighted by molar-refractivity contribution is -0.145. The fourth-order valence-electron chi connectivity index (χ4n) is 3.18. The van der Waals surface area contributed by atoms with Crippen LogP contribution in [0.1, 0.15) is 46.5 Å². The first kappa shape index (κ1) is 13.8. The van der Waals surface area contributed by atoms with Crippen LogP contribution in [0.15, 0.2) is 0 Å². The van der Waals surface area contributed by atoms with Crippen LogP contribution < -0.4 is 5.73 Å². The van der Waals surface area contributed by atoms with E-state index in [9.17, 15) is 4.79 Å². The Morgan fingerprint density at radius 1 is 1.33 bits per heavy atom. The average molecular weight is 254 g/mol. The first-order chi connectivity index (χ1) is 8.43. The number of hydrogen-bond donors (Lipinski definition) is 1. The van der Waals surface area contributed by atoms with Crippen LogP contribution in [0.3, 0.4) is 0 Å². The van der Waals surface area contributed by atoms with Crippen LogP contribution in [0.4, 0.5) is 0 Å². The van der Waals surface area contributed by atoms with E-state index in [2.05, 4.69) is 20.8 Å². The highest BCUT2D eigenvalue weighted by Crippen LogP contribution is 2.34. The van der Waals surface area contributed by atoms with Gasteiger partial charge in [0.15, 0.2) is 0 Å². The molecule has 2 fully saturated rings. The first-order valence-electron chi connectivity index (χ1n) is 7.09. The molecule has 2 rings (SSSR count). The molecule has 1 unspecified atom stereocenters. The van der Waals surface area contributed by atoms with E-state index in [0.717, 1.165) is 32.2 Å². The molecule has 0 spiro atoms. The summed E-state index contributed by atoms with van der Waals surface area (Å²) in [6.07, 6.45) is 3.80. The summed E-state index contributed by atoms with van der Waals surface area (Å²) in [5, 5.41) is 0. The number of likely N-dealkylation sites (tertiary alicyclic amines) is 1. The molecule has 1 amide bonds. The zero-order valence-electron chi connectivity index (χ0n) is 11.8. The van der Waals surface area contributed by atoms with E-state index in [0.29, 0.717) is 12.6 Å². The van der Waals surface area contributed by atoms with Gasteiger partial charge in [-0.3, -0.25) is 4.79 Å². The van der Waals surface area contributed by atoms with Gasteiger partial charge < -0.3 is 15.4 Å². The second-order valence-electron chi connectivity index (χ2n) is 6.62. The van der Waals surface area contributed by atoms with Crippen molar-refractivity contribution in [1.29, 1.82) is 0 Å². The third-order valence-electron chi connectivity index (χ3n) is 4.18. The Bertz CT molecular complexity index is 311. The number of carbonyl (C=O) groups is 1. The lowest BCUT2D eigenvalue weighted by atomic mass is 9.85. The van der Waals surface area contributed by atoms with E-state index >= 15 is 0 Å². The highest BCUT2D eigenvalue weighted by atomic mass is 16.5. The number of hydrogen-bond acceptors (Lipinski definition) is 3. The van der Waals surface area contributed by atoms with E-state index in [1.807, 2.05) is 4.90 Å². The number of amides is 1. The van der Waals surface area contributed by atoms with Gasteiger partial charge in [-0.05, 0) is 31.1 Å². The molecule has 2 aliphatic heterocycles. The number of nitrogens with two attached hydrogens (primary N) is 1. The standard InChI is InChI=1S/C14H26N2O2/c1-14(2,3)12-5-4-8-16(12)13(17)11-7-6-10(9-15)18-11/h10-12H,4-9,15H2,1-3H3/t10-,11+,12?/m1/s1. The number of carbonyl (C=O) groups excluding carboxylic acids is 1. The van der Waals surface area contributed by atoms with E-state index in [-0.39, 0.29) is 23.5 Å². The monoisotopic (exact) mass is 254 g/mol. The normalized spacial score (nSPS) is 33.1. The molecule has 0 aromatic heterocycles. The zero-order valence-corrected chi connectivity index (χ0v) is 11.8. The molecule has 2 N–H and O–H groups in total. The molecule has 4 nitrogen and oxygen atoms in total. The molecule has 2 heterocycles. The van der Waals surface area contributed by atoms with Gasteiger partial charge in [0, 0.05) is 19.1 Å². The lowest BCUT2D eigenvalue weighted by Gasteiger charge is -2.36. The molecule has 0 aromatic rings. The largest absolute Gasteiger partial charge is 0.364 e. The average Bonchev–Trinajstić information content (AvgIpc) is 2.96. The number of rotatable bonds is 2. The van der Waals surface area contributed by atoms with Gasteiger partial charge in [-0.1, -0.05) is 20.8 Å². The molecular weight excluding hydrogens is 228 g/mol. The third-order valence-corrected chi connectivity index (χ3v) is 4.18. The summed E-state index contributed by atoms with van der Waals surface area (Å²) in [4.78, 5) is 14.6. The van der Waals surface area contributed by atoms with Crippen molar-refractivity contribution in [3.05, 3.63) is 0 Å². The van der Waals surface area contributed by atoms with Gasteiger partial charge >= 0.3 is 0 Å². The maximum Gasteiger partial charge on any atom is 0.251 e. The molecule has 2 aliphatic rings. The van der Waals surface area contributed by atoms with Crippen molar-refractivity contribution >= 4 is 5.91 Å². The van der Waals surface area contributed by atoms with Gasteiger partial charge in [-0.2, -0.15) is 0 Å². The Morgan fingerprint density at radius 2 is 2.06 bits per heavy atom. The third kappa shape index (κ3) is 2.69. The summed E-state index contributed by atoms with van der Waals surface area (Å²) in [5.41, 5.74) is 5.75. The predicted molar refractivity (Wildman–Crippen MR) is 71.1 cm³/mol. The minimum absolute atomic E-state index is 0.0784. The van der Waals surface area contributed by atoms with Crippen molar-refractivity contribution in [3.8, 4) is 0 Å². The van der Waals surface area contributed by atoms with Crippen LogP contribution in [0.5, 0.6) is 0 Å². The fraction of sp³-hybridized carbons (Fsp3) is 0.929. The summed E-state index contributed by atoms with van der Waals surface area (Å²) in [6.45, 7) is 8.03. The molecule has 0 saturated carbocycles. The molecule has 0 aliphatic carbocycles. The second-order valence-corrected chi connectivity index (χ2v) is 6.62. The minimum Gasteiger partial charge on any atom is -0.364 e. The molecule has 3 atom stereocenters. The lowest BCUT2D eigenvalue weighted by Crippen LogP contribution is -2.47. The Hall–Kier alpha value is -0.610. The highest BCUT2D eigenvalue weighted by Gasteiger charge is 2.41. The fourth-order valence-corrected chi connectivity index (χ4v) is 3.18. The molecule has 18 heavy (non-hydrogen) atoms. The van der Waals surface area contributed by atoms with Gasteiger partial charge in [-0.15, -0.1) is 0 Å². The van der Waals surface area contributed by atoms with E-state index in [4.69, 9.17) is 10.5 Å². The van der Waals surface area contributed by atoms with E-state index in [1.165, 1.54) is 0 Å². The molecule has 0 aromatic carbocycles. The molecule has 104 valence electrons. The van der Waals surface area contributed by atoms with E-state index in [1.54, 1.807) is 0 Å². The quantitative estimate of drug-likeness (QED) is 0.813. The Labute approximate surface area is 110 Å². The van der Waals surface area contributed by atoms with Gasteiger partial charge in [0.2, 0.25) is 0 Å². The Morgan fingerprint density at radius 3 is 2.61 bits per heavy atom. The maximum atomic E-state index is 12.5. The van der Waals surface area contributed by atoms with Crippen LogP contribution in [-0.4, -0.2) is 42.1 Å². The van der Waals surface area contributed by atoms with E-state index < -0.39 is 0 Å². The Balaban J connectivity index is 2.00. The van der Waals surface area contributed by atoms with Crippen LogP contribution in [0, 0.1) is 5.41 Å². The molecule has 4 heteroatoms. The Kier molecular flexibility index (Phi) is 3.97. The molecule has 2 saturated heterocycles. The van der Waals surface area contributed by atoms with Gasteiger partial charge in [-0.25, -0.2) is 0 Å².